The smallest absolute Gasteiger partial charge is 0.251 e. The molecule has 1 N–H and O–H groups in total. The number of aromatic nitrogens is 3. The molecule has 0 unspecified atom stereocenters. The summed E-state index contributed by atoms with van der Waals surface area (Å²) in [6.07, 6.45) is 0.881. The predicted molar refractivity (Wildman–Crippen MR) is 123 cm³/mol. The Morgan fingerprint density at radius 1 is 1.16 bits per heavy atom. The van der Waals surface area contributed by atoms with E-state index in [-0.39, 0.29) is 23.6 Å². The molecule has 0 saturated carbocycles. The van der Waals surface area contributed by atoms with Crippen LogP contribution in [0.15, 0.2) is 53.7 Å². The topological polar surface area (TPSA) is 89.3 Å². The molecule has 2 heterocycles. The molecule has 1 atom stereocenters. The van der Waals surface area contributed by atoms with Crippen LogP contribution in [0.3, 0.4) is 0 Å². The number of methoxy groups -OCH3 is 1. The van der Waals surface area contributed by atoms with Gasteiger partial charge in [-0.1, -0.05) is 30.0 Å². The van der Waals surface area contributed by atoms with Gasteiger partial charge < -0.3 is 19.5 Å². The summed E-state index contributed by atoms with van der Waals surface area (Å²) in [7, 11) is 3.42. The quantitative estimate of drug-likeness (QED) is 0.556. The Morgan fingerprint density at radius 2 is 1.91 bits per heavy atom. The summed E-state index contributed by atoms with van der Waals surface area (Å²) >= 11 is 1.35. The molecule has 32 heavy (non-hydrogen) atoms. The van der Waals surface area contributed by atoms with Crippen molar-refractivity contribution in [3.8, 4) is 5.75 Å². The van der Waals surface area contributed by atoms with Crippen molar-refractivity contribution in [3.05, 3.63) is 65.5 Å². The van der Waals surface area contributed by atoms with E-state index in [4.69, 9.17) is 4.74 Å². The molecule has 3 aromatic rings. The van der Waals surface area contributed by atoms with Gasteiger partial charge in [0.15, 0.2) is 11.0 Å². The second-order valence-electron chi connectivity index (χ2n) is 7.54. The zero-order valence-corrected chi connectivity index (χ0v) is 19.1. The lowest BCUT2D eigenvalue weighted by Gasteiger charge is -2.17. The zero-order chi connectivity index (χ0) is 22.7. The summed E-state index contributed by atoms with van der Waals surface area (Å²) in [6, 6.07) is 14.6. The number of nitrogens with zero attached hydrogens (tertiary/aromatic N) is 4. The van der Waals surface area contributed by atoms with Crippen LogP contribution in [0.2, 0.25) is 0 Å². The Morgan fingerprint density at radius 3 is 2.66 bits per heavy atom. The molecule has 1 aliphatic heterocycles. The van der Waals surface area contributed by atoms with Gasteiger partial charge in [-0.05, 0) is 49.2 Å². The molecule has 1 aliphatic rings. The molecule has 166 valence electrons. The standard InChI is InChI=1S/C23H25N5O3S/c1-15(24-22(30)17-8-10-18(31-3)11-9-17)21-25-26-23(27(21)2)32-14-20(29)28-13-12-16-6-4-5-7-19(16)28/h4-11,15H,12-14H2,1-3H3,(H,24,30)/t15-/m1/s1. The third-order valence-corrected chi connectivity index (χ3v) is 6.47. The van der Waals surface area contributed by atoms with Crippen LogP contribution >= 0.6 is 11.8 Å². The Balaban J connectivity index is 1.36. The minimum absolute atomic E-state index is 0.0466. The fraction of sp³-hybridized carbons (Fsp3) is 0.304. The zero-order valence-electron chi connectivity index (χ0n) is 18.2. The lowest BCUT2D eigenvalue weighted by molar-refractivity contribution is -0.116. The number of rotatable bonds is 7. The number of para-hydroxylation sites is 1. The van der Waals surface area contributed by atoms with Gasteiger partial charge >= 0.3 is 0 Å². The highest BCUT2D eigenvalue weighted by Crippen LogP contribution is 2.29. The molecule has 4 rings (SSSR count). The van der Waals surface area contributed by atoms with Crippen molar-refractivity contribution < 1.29 is 14.3 Å². The van der Waals surface area contributed by atoms with E-state index < -0.39 is 0 Å². The Kier molecular flexibility index (Phi) is 6.45. The lowest BCUT2D eigenvalue weighted by atomic mass is 10.2. The first kappa shape index (κ1) is 21.9. The number of hydrogen-bond donors (Lipinski definition) is 1. The highest BCUT2D eigenvalue weighted by molar-refractivity contribution is 7.99. The molecule has 0 fully saturated rings. The third-order valence-electron chi connectivity index (χ3n) is 5.47. The van der Waals surface area contributed by atoms with Gasteiger partial charge in [-0.25, -0.2) is 0 Å². The summed E-state index contributed by atoms with van der Waals surface area (Å²) in [5, 5.41) is 12.0. The van der Waals surface area contributed by atoms with Gasteiger partial charge in [-0.3, -0.25) is 9.59 Å². The number of hydrogen-bond acceptors (Lipinski definition) is 6. The predicted octanol–water partition coefficient (Wildman–Crippen LogP) is 3.00. The van der Waals surface area contributed by atoms with Crippen molar-refractivity contribution in [2.45, 2.75) is 24.5 Å². The Labute approximate surface area is 191 Å². The molecule has 0 bridgehead atoms. The van der Waals surface area contributed by atoms with Crippen molar-refractivity contribution in [1.82, 2.24) is 20.1 Å². The van der Waals surface area contributed by atoms with Crippen LogP contribution < -0.4 is 15.0 Å². The van der Waals surface area contributed by atoms with Crippen LogP contribution in [0.5, 0.6) is 5.75 Å². The van der Waals surface area contributed by atoms with Crippen LogP contribution in [-0.4, -0.2) is 46.0 Å². The molecule has 0 spiro atoms. The van der Waals surface area contributed by atoms with Crippen LogP contribution in [0.4, 0.5) is 5.69 Å². The number of carbonyl (C=O) groups is 2. The first-order valence-electron chi connectivity index (χ1n) is 10.3. The highest BCUT2D eigenvalue weighted by atomic mass is 32.2. The van der Waals surface area contributed by atoms with E-state index in [1.807, 2.05) is 41.6 Å². The van der Waals surface area contributed by atoms with Gasteiger partial charge in [0.1, 0.15) is 5.75 Å². The summed E-state index contributed by atoms with van der Waals surface area (Å²) in [6.45, 7) is 2.56. The largest absolute Gasteiger partial charge is 0.497 e. The monoisotopic (exact) mass is 451 g/mol. The molecule has 0 saturated heterocycles. The number of fused-ring (bicyclic) bond motifs is 1. The average Bonchev–Trinajstić information content (AvgIpc) is 3.41. The molecular formula is C23H25N5O3S. The van der Waals surface area contributed by atoms with Crippen LogP contribution in [0.1, 0.15) is 34.7 Å². The van der Waals surface area contributed by atoms with Crippen LogP contribution in [0.25, 0.3) is 0 Å². The summed E-state index contributed by atoms with van der Waals surface area (Å²) in [5.41, 5.74) is 2.73. The molecule has 8 nitrogen and oxygen atoms in total. The van der Waals surface area contributed by atoms with E-state index in [0.29, 0.717) is 28.8 Å². The van der Waals surface area contributed by atoms with E-state index in [9.17, 15) is 9.59 Å². The van der Waals surface area contributed by atoms with Gasteiger partial charge in [0.05, 0.1) is 18.9 Å². The van der Waals surface area contributed by atoms with Gasteiger partial charge in [-0.2, -0.15) is 0 Å². The molecular weight excluding hydrogens is 426 g/mol. The van der Waals surface area contributed by atoms with Crippen LogP contribution in [-0.2, 0) is 18.3 Å². The SMILES string of the molecule is COc1ccc(C(=O)N[C@H](C)c2nnc(SCC(=O)N3CCc4ccccc43)n2C)cc1. The van der Waals surface area contributed by atoms with Gasteiger partial charge in [0.2, 0.25) is 5.91 Å². The number of benzene rings is 2. The average molecular weight is 452 g/mol. The number of ether oxygens (including phenoxy) is 1. The lowest BCUT2D eigenvalue weighted by Crippen LogP contribution is -2.30. The van der Waals surface area contributed by atoms with Crippen molar-refractivity contribution in [2.24, 2.45) is 7.05 Å². The molecule has 2 amide bonds. The van der Waals surface area contributed by atoms with E-state index in [2.05, 4.69) is 21.6 Å². The van der Waals surface area contributed by atoms with E-state index in [1.165, 1.54) is 17.3 Å². The van der Waals surface area contributed by atoms with Gasteiger partial charge in [0.25, 0.3) is 5.91 Å². The second-order valence-corrected chi connectivity index (χ2v) is 8.48. The normalized spacial score (nSPS) is 13.5. The Bertz CT molecular complexity index is 1130. The van der Waals surface area contributed by atoms with E-state index in [0.717, 1.165) is 12.1 Å². The molecule has 1 aromatic heterocycles. The Hall–Kier alpha value is -3.33. The fourth-order valence-corrected chi connectivity index (χ4v) is 4.51. The summed E-state index contributed by atoms with van der Waals surface area (Å²) < 4.78 is 6.94. The molecule has 2 aromatic carbocycles. The maximum Gasteiger partial charge on any atom is 0.251 e. The number of thioether (sulfide) groups is 1. The van der Waals surface area contributed by atoms with Crippen molar-refractivity contribution in [2.75, 3.05) is 24.3 Å². The molecule has 9 heteroatoms. The number of amides is 2. The van der Waals surface area contributed by atoms with Gasteiger partial charge in [-0.15, -0.1) is 10.2 Å². The number of carbonyl (C=O) groups excluding carboxylic acids is 2. The summed E-state index contributed by atoms with van der Waals surface area (Å²) in [5.74, 6) is 1.42. The van der Waals surface area contributed by atoms with E-state index in [1.54, 1.807) is 31.4 Å². The maximum absolute atomic E-state index is 12.8. The number of anilines is 1. The highest BCUT2D eigenvalue weighted by Gasteiger charge is 2.25. The van der Waals surface area contributed by atoms with E-state index >= 15 is 0 Å². The van der Waals surface area contributed by atoms with Crippen molar-refractivity contribution >= 4 is 29.3 Å². The molecule has 0 radical (unpaired) electrons. The first-order valence-corrected chi connectivity index (χ1v) is 11.3. The maximum atomic E-state index is 12.8. The van der Waals surface area contributed by atoms with Crippen molar-refractivity contribution in [1.29, 1.82) is 0 Å². The number of nitrogens with one attached hydrogen (secondary N) is 1. The third kappa shape index (κ3) is 4.47. The van der Waals surface area contributed by atoms with Gasteiger partial charge in [0, 0.05) is 24.8 Å². The summed E-state index contributed by atoms with van der Waals surface area (Å²) in [4.78, 5) is 27.1. The van der Waals surface area contributed by atoms with Crippen LogP contribution in [0, 0.1) is 0 Å². The van der Waals surface area contributed by atoms with Crippen molar-refractivity contribution in [3.63, 3.8) is 0 Å². The first-order chi connectivity index (χ1) is 15.5. The molecule has 0 aliphatic carbocycles. The fourth-order valence-electron chi connectivity index (χ4n) is 3.72. The second kappa shape index (κ2) is 9.44. The minimum Gasteiger partial charge on any atom is -0.497 e. The minimum atomic E-state index is -0.349.